The van der Waals surface area contributed by atoms with Crippen molar-refractivity contribution in [3.8, 4) is 0 Å². The van der Waals surface area contributed by atoms with Gasteiger partial charge >= 0.3 is 0 Å². The zero-order valence-corrected chi connectivity index (χ0v) is 11.9. The molecule has 18 heavy (non-hydrogen) atoms. The van der Waals surface area contributed by atoms with Gasteiger partial charge in [-0.3, -0.25) is 0 Å². The van der Waals surface area contributed by atoms with E-state index in [1.165, 1.54) is 57.2 Å². The Morgan fingerprint density at radius 2 is 1.78 bits per heavy atom. The van der Waals surface area contributed by atoms with Crippen LogP contribution in [-0.4, -0.2) is 24.0 Å². The second-order valence-corrected chi connectivity index (χ2v) is 5.75. The van der Waals surface area contributed by atoms with Crippen molar-refractivity contribution >= 4 is 12.4 Å². The molecular weight excluding hydrogens is 242 g/mol. The lowest BCUT2D eigenvalue weighted by atomic mass is 9.81. The molecule has 1 aromatic carbocycles. The second kappa shape index (κ2) is 6.58. The monoisotopic (exact) mass is 265 g/mol. The van der Waals surface area contributed by atoms with E-state index in [0.29, 0.717) is 0 Å². The summed E-state index contributed by atoms with van der Waals surface area (Å²) < 4.78 is 0. The predicted octanol–water partition coefficient (Wildman–Crippen LogP) is 3.92. The molecule has 4 rings (SSSR count). The Balaban J connectivity index is 0.00000120. The molecule has 1 unspecified atom stereocenters. The molecule has 0 aromatic heterocycles. The Kier molecular flexibility index (Phi) is 5.08. The van der Waals surface area contributed by atoms with E-state index in [-0.39, 0.29) is 12.4 Å². The van der Waals surface area contributed by atoms with Crippen molar-refractivity contribution in [1.82, 2.24) is 4.90 Å². The Bertz CT molecular complexity index is 343. The van der Waals surface area contributed by atoms with Crippen LogP contribution in [0, 0.1) is 5.92 Å². The standard InChI is InChI=1S/C16H23N.ClH/c1-2-5-14(6-3-1)7-4-8-16-13-15-9-11-17(16)12-10-15;/h1-3,5-6,15-16H,4,7-13H2;1H. The average molecular weight is 266 g/mol. The van der Waals surface area contributed by atoms with Crippen LogP contribution >= 0.6 is 12.4 Å². The molecule has 2 bridgehead atoms. The highest BCUT2D eigenvalue weighted by Crippen LogP contribution is 2.33. The molecule has 3 fully saturated rings. The van der Waals surface area contributed by atoms with Crippen molar-refractivity contribution < 1.29 is 0 Å². The van der Waals surface area contributed by atoms with Crippen molar-refractivity contribution in [3.63, 3.8) is 0 Å². The molecule has 0 saturated carbocycles. The minimum absolute atomic E-state index is 0. The van der Waals surface area contributed by atoms with Gasteiger partial charge in [0.15, 0.2) is 0 Å². The molecule has 1 aromatic rings. The molecule has 100 valence electrons. The highest BCUT2D eigenvalue weighted by molar-refractivity contribution is 5.85. The normalized spacial score (nSPS) is 29.9. The third-order valence-corrected chi connectivity index (χ3v) is 4.62. The van der Waals surface area contributed by atoms with Gasteiger partial charge in [0.25, 0.3) is 0 Å². The molecule has 3 heterocycles. The number of nitrogens with zero attached hydrogens (tertiary/aromatic N) is 1. The van der Waals surface area contributed by atoms with E-state index in [2.05, 4.69) is 35.2 Å². The minimum Gasteiger partial charge on any atom is -0.300 e. The number of piperidine rings is 3. The molecule has 0 amide bonds. The summed E-state index contributed by atoms with van der Waals surface area (Å²) in [5, 5.41) is 0. The number of hydrogen-bond acceptors (Lipinski definition) is 1. The van der Waals surface area contributed by atoms with Crippen LogP contribution in [0.15, 0.2) is 30.3 Å². The zero-order valence-electron chi connectivity index (χ0n) is 11.1. The van der Waals surface area contributed by atoms with Gasteiger partial charge in [-0.15, -0.1) is 12.4 Å². The molecule has 2 heteroatoms. The Labute approximate surface area is 117 Å². The summed E-state index contributed by atoms with van der Waals surface area (Å²) in [5.74, 6) is 1.06. The number of hydrogen-bond donors (Lipinski definition) is 0. The van der Waals surface area contributed by atoms with Crippen LogP contribution in [0.1, 0.15) is 37.7 Å². The Morgan fingerprint density at radius 3 is 2.39 bits per heavy atom. The highest BCUT2D eigenvalue weighted by Gasteiger charge is 2.32. The lowest BCUT2D eigenvalue weighted by Gasteiger charge is -2.45. The molecular formula is C16H24ClN. The van der Waals surface area contributed by atoms with Gasteiger partial charge in [0, 0.05) is 6.04 Å². The first-order valence-corrected chi connectivity index (χ1v) is 7.20. The zero-order chi connectivity index (χ0) is 11.5. The van der Waals surface area contributed by atoms with Crippen molar-refractivity contribution in [2.75, 3.05) is 13.1 Å². The first-order valence-electron chi connectivity index (χ1n) is 7.20. The van der Waals surface area contributed by atoms with Crippen LogP contribution in [0.25, 0.3) is 0 Å². The van der Waals surface area contributed by atoms with Gasteiger partial charge in [-0.05, 0) is 63.1 Å². The molecule has 3 saturated heterocycles. The summed E-state index contributed by atoms with van der Waals surface area (Å²) in [7, 11) is 0. The maximum absolute atomic E-state index is 2.74. The summed E-state index contributed by atoms with van der Waals surface area (Å²) in [6, 6.07) is 11.8. The summed E-state index contributed by atoms with van der Waals surface area (Å²) in [4.78, 5) is 2.74. The van der Waals surface area contributed by atoms with Gasteiger partial charge in [-0.25, -0.2) is 0 Å². The van der Waals surface area contributed by atoms with Crippen molar-refractivity contribution in [2.45, 2.75) is 44.6 Å². The van der Waals surface area contributed by atoms with E-state index < -0.39 is 0 Å². The van der Waals surface area contributed by atoms with E-state index in [9.17, 15) is 0 Å². The van der Waals surface area contributed by atoms with Crippen LogP contribution in [0.2, 0.25) is 0 Å². The Hall–Kier alpha value is -0.530. The molecule has 0 spiro atoms. The third kappa shape index (κ3) is 3.27. The fraction of sp³-hybridized carbons (Fsp3) is 0.625. The molecule has 0 radical (unpaired) electrons. The van der Waals surface area contributed by atoms with Crippen molar-refractivity contribution in [3.05, 3.63) is 35.9 Å². The SMILES string of the molecule is Cl.c1ccc(CCCC2CC3CCN2CC3)cc1. The largest absolute Gasteiger partial charge is 0.300 e. The fourth-order valence-corrected chi connectivity index (χ4v) is 3.57. The number of aryl methyl sites for hydroxylation is 1. The number of fused-ring (bicyclic) bond motifs is 3. The average Bonchev–Trinajstić information content (AvgIpc) is 2.41. The van der Waals surface area contributed by atoms with Crippen LogP contribution in [0.3, 0.4) is 0 Å². The quantitative estimate of drug-likeness (QED) is 0.798. The maximum atomic E-state index is 2.74. The van der Waals surface area contributed by atoms with Gasteiger partial charge in [0.2, 0.25) is 0 Å². The molecule has 1 nitrogen and oxygen atoms in total. The number of halogens is 1. The van der Waals surface area contributed by atoms with E-state index in [4.69, 9.17) is 0 Å². The summed E-state index contributed by atoms with van der Waals surface area (Å²) in [5.41, 5.74) is 1.50. The van der Waals surface area contributed by atoms with Gasteiger partial charge in [-0.1, -0.05) is 30.3 Å². The minimum atomic E-state index is 0. The van der Waals surface area contributed by atoms with Gasteiger partial charge in [-0.2, -0.15) is 0 Å². The number of rotatable bonds is 4. The van der Waals surface area contributed by atoms with Crippen LogP contribution in [0.4, 0.5) is 0 Å². The molecule has 0 N–H and O–H groups in total. The maximum Gasteiger partial charge on any atom is 0.00980 e. The third-order valence-electron chi connectivity index (χ3n) is 4.62. The van der Waals surface area contributed by atoms with E-state index in [1.54, 1.807) is 0 Å². The molecule has 1 atom stereocenters. The Morgan fingerprint density at radius 1 is 1.06 bits per heavy atom. The highest BCUT2D eigenvalue weighted by atomic mass is 35.5. The smallest absolute Gasteiger partial charge is 0.00980 e. The number of benzene rings is 1. The first-order chi connectivity index (χ1) is 8.42. The van der Waals surface area contributed by atoms with Crippen LogP contribution < -0.4 is 0 Å². The fourth-order valence-electron chi connectivity index (χ4n) is 3.57. The predicted molar refractivity (Wildman–Crippen MR) is 79.3 cm³/mol. The van der Waals surface area contributed by atoms with Crippen LogP contribution in [-0.2, 0) is 6.42 Å². The van der Waals surface area contributed by atoms with Crippen molar-refractivity contribution in [2.24, 2.45) is 5.92 Å². The topological polar surface area (TPSA) is 3.24 Å². The lowest BCUT2D eigenvalue weighted by Crippen LogP contribution is -2.48. The lowest BCUT2D eigenvalue weighted by molar-refractivity contribution is 0.0442. The summed E-state index contributed by atoms with van der Waals surface area (Å²) in [6.07, 6.45) is 8.44. The van der Waals surface area contributed by atoms with Gasteiger partial charge < -0.3 is 4.90 Å². The first kappa shape index (κ1) is 13.9. The molecule has 3 aliphatic rings. The molecule has 3 aliphatic heterocycles. The second-order valence-electron chi connectivity index (χ2n) is 5.75. The van der Waals surface area contributed by atoms with E-state index in [1.807, 2.05) is 0 Å². The summed E-state index contributed by atoms with van der Waals surface area (Å²) >= 11 is 0. The van der Waals surface area contributed by atoms with Crippen LogP contribution in [0.5, 0.6) is 0 Å². The van der Waals surface area contributed by atoms with Crippen molar-refractivity contribution in [1.29, 1.82) is 0 Å². The van der Waals surface area contributed by atoms with E-state index >= 15 is 0 Å². The van der Waals surface area contributed by atoms with E-state index in [0.717, 1.165) is 12.0 Å². The van der Waals surface area contributed by atoms with Gasteiger partial charge in [0.1, 0.15) is 0 Å². The van der Waals surface area contributed by atoms with Gasteiger partial charge in [0.05, 0.1) is 0 Å². The molecule has 0 aliphatic carbocycles. The summed E-state index contributed by atoms with van der Waals surface area (Å²) in [6.45, 7) is 2.75.